The lowest BCUT2D eigenvalue weighted by Crippen LogP contribution is -2.16. The molecule has 1 aliphatic carbocycles. The van der Waals surface area contributed by atoms with Gasteiger partial charge in [0.05, 0.1) is 10.9 Å². The molecule has 0 bridgehead atoms. The quantitative estimate of drug-likeness (QED) is 0.655. The lowest BCUT2D eigenvalue weighted by Gasteiger charge is -2.09. The van der Waals surface area contributed by atoms with E-state index in [1.165, 1.54) is 11.3 Å². The molecule has 0 saturated heterocycles. The van der Waals surface area contributed by atoms with Crippen LogP contribution in [0, 0.1) is 11.3 Å². The lowest BCUT2D eigenvalue weighted by molar-refractivity contribution is 0.0978. The van der Waals surface area contributed by atoms with Gasteiger partial charge in [0.2, 0.25) is 0 Å². The van der Waals surface area contributed by atoms with Crippen molar-refractivity contribution in [2.24, 2.45) is 7.05 Å². The molecule has 4 rings (SSSR count). The van der Waals surface area contributed by atoms with Crippen molar-refractivity contribution in [3.05, 3.63) is 58.0 Å². The molecular formula is C19H16N4OS. The fraction of sp³-hybridized carbons (Fsp3) is 0.263. The molecule has 0 radical (unpaired) electrons. The van der Waals surface area contributed by atoms with Crippen molar-refractivity contribution in [2.75, 3.05) is 0 Å². The van der Waals surface area contributed by atoms with Crippen molar-refractivity contribution in [1.82, 2.24) is 14.8 Å². The maximum Gasteiger partial charge on any atom is 0.197 e. The molecule has 2 aromatic heterocycles. The van der Waals surface area contributed by atoms with Gasteiger partial charge in [-0.3, -0.25) is 4.79 Å². The van der Waals surface area contributed by atoms with E-state index in [2.05, 4.69) is 16.3 Å². The third-order valence-electron chi connectivity index (χ3n) is 4.53. The van der Waals surface area contributed by atoms with Gasteiger partial charge in [0.1, 0.15) is 0 Å². The molecule has 1 atom stereocenters. The summed E-state index contributed by atoms with van der Waals surface area (Å²) < 4.78 is 1.74. The summed E-state index contributed by atoms with van der Waals surface area (Å²) in [6.45, 7) is 0. The Morgan fingerprint density at radius 1 is 1.28 bits per heavy atom. The van der Waals surface area contributed by atoms with E-state index in [0.29, 0.717) is 22.4 Å². The van der Waals surface area contributed by atoms with Crippen LogP contribution < -0.4 is 0 Å². The Labute approximate surface area is 149 Å². The number of rotatable bonds is 5. The summed E-state index contributed by atoms with van der Waals surface area (Å²) in [5, 5.41) is 19.9. The number of thiophene rings is 1. The van der Waals surface area contributed by atoms with Crippen LogP contribution in [0.25, 0.3) is 11.4 Å². The predicted octanol–water partition coefficient (Wildman–Crippen LogP) is 3.91. The van der Waals surface area contributed by atoms with E-state index < -0.39 is 5.92 Å². The number of carbonyl (C=O) groups is 1. The summed E-state index contributed by atoms with van der Waals surface area (Å²) >= 11 is 1.42. The molecule has 1 saturated carbocycles. The van der Waals surface area contributed by atoms with Gasteiger partial charge in [0.15, 0.2) is 23.3 Å². The summed E-state index contributed by atoms with van der Waals surface area (Å²) in [5.41, 5.74) is 1.99. The van der Waals surface area contributed by atoms with Gasteiger partial charge in [0.25, 0.3) is 0 Å². The second kappa shape index (κ2) is 6.26. The highest BCUT2D eigenvalue weighted by Gasteiger charge is 2.34. The monoisotopic (exact) mass is 348 g/mol. The van der Waals surface area contributed by atoms with E-state index in [9.17, 15) is 10.1 Å². The van der Waals surface area contributed by atoms with Crippen LogP contribution in [0.1, 0.15) is 45.7 Å². The van der Waals surface area contributed by atoms with Crippen LogP contribution in [-0.2, 0) is 7.05 Å². The summed E-state index contributed by atoms with van der Waals surface area (Å²) in [6.07, 6.45) is 2.24. The van der Waals surface area contributed by atoms with E-state index in [-0.39, 0.29) is 5.78 Å². The van der Waals surface area contributed by atoms with Crippen molar-refractivity contribution in [3.63, 3.8) is 0 Å². The molecule has 124 valence electrons. The van der Waals surface area contributed by atoms with Gasteiger partial charge in [-0.25, -0.2) is 0 Å². The molecule has 3 aromatic rings. The number of ketones is 1. The lowest BCUT2D eigenvalue weighted by atomic mass is 9.99. The highest BCUT2D eigenvalue weighted by Crippen LogP contribution is 2.44. The fourth-order valence-corrected chi connectivity index (χ4v) is 3.99. The molecule has 0 aliphatic heterocycles. The van der Waals surface area contributed by atoms with E-state index in [1.54, 1.807) is 11.6 Å². The second-order valence-electron chi connectivity index (χ2n) is 6.21. The van der Waals surface area contributed by atoms with Gasteiger partial charge in [-0.2, -0.15) is 5.26 Å². The first-order chi connectivity index (χ1) is 12.2. The van der Waals surface area contributed by atoms with Gasteiger partial charge in [-0.1, -0.05) is 30.3 Å². The zero-order valence-corrected chi connectivity index (χ0v) is 14.5. The Hall–Kier alpha value is -2.78. The minimum absolute atomic E-state index is 0.172. The number of benzene rings is 1. The predicted molar refractivity (Wildman–Crippen MR) is 95.4 cm³/mol. The van der Waals surface area contributed by atoms with E-state index in [0.717, 1.165) is 24.0 Å². The van der Waals surface area contributed by atoms with Crippen molar-refractivity contribution in [1.29, 1.82) is 5.26 Å². The van der Waals surface area contributed by atoms with Crippen LogP contribution in [0.15, 0.2) is 41.8 Å². The Morgan fingerprint density at radius 3 is 2.72 bits per heavy atom. The van der Waals surface area contributed by atoms with Gasteiger partial charge in [-0.05, 0) is 35.8 Å². The highest BCUT2D eigenvalue weighted by atomic mass is 32.1. The van der Waals surface area contributed by atoms with Gasteiger partial charge in [0, 0.05) is 12.6 Å². The maximum absolute atomic E-state index is 13.0. The van der Waals surface area contributed by atoms with Crippen LogP contribution in [0.2, 0.25) is 0 Å². The minimum Gasteiger partial charge on any atom is -0.313 e. The maximum atomic E-state index is 13.0. The first-order valence-electron chi connectivity index (χ1n) is 8.16. The standard InChI is InChI=1S/C19H16N4OS/c1-23-18(13-5-3-2-4-6-13)21-22-19(23)15(11-20)16(24)17-14(9-10-25-17)12-7-8-12/h2-6,9-10,12,15H,7-8H2,1H3/t15-/m0/s1. The number of Topliss-reactive ketones (excluding diaryl/α,β-unsaturated/α-hetero) is 1. The van der Waals surface area contributed by atoms with Crippen LogP contribution >= 0.6 is 11.3 Å². The molecule has 1 fully saturated rings. The van der Waals surface area contributed by atoms with Crippen LogP contribution in [0.4, 0.5) is 0 Å². The highest BCUT2D eigenvalue weighted by molar-refractivity contribution is 7.12. The molecule has 0 N–H and O–H groups in total. The van der Waals surface area contributed by atoms with Crippen LogP contribution in [0.5, 0.6) is 0 Å². The molecule has 6 heteroatoms. The number of hydrogen-bond acceptors (Lipinski definition) is 5. The molecule has 0 amide bonds. The summed E-state index contributed by atoms with van der Waals surface area (Å²) in [7, 11) is 1.80. The largest absolute Gasteiger partial charge is 0.313 e. The molecule has 1 aromatic carbocycles. The molecule has 25 heavy (non-hydrogen) atoms. The number of hydrogen-bond donors (Lipinski definition) is 0. The van der Waals surface area contributed by atoms with Crippen molar-refractivity contribution >= 4 is 17.1 Å². The summed E-state index contributed by atoms with van der Waals surface area (Å²) in [5.74, 6) is 0.406. The van der Waals surface area contributed by atoms with Crippen LogP contribution in [-0.4, -0.2) is 20.5 Å². The molecule has 2 heterocycles. The first-order valence-corrected chi connectivity index (χ1v) is 9.04. The average Bonchev–Trinajstić information content (AvgIpc) is 3.25. The van der Waals surface area contributed by atoms with E-state index in [1.807, 2.05) is 41.8 Å². The molecule has 0 unspecified atom stereocenters. The van der Waals surface area contributed by atoms with Crippen LogP contribution in [0.3, 0.4) is 0 Å². The smallest absolute Gasteiger partial charge is 0.197 e. The average molecular weight is 348 g/mol. The Kier molecular flexibility index (Phi) is 3.94. The zero-order valence-electron chi connectivity index (χ0n) is 13.7. The number of nitriles is 1. The van der Waals surface area contributed by atoms with Gasteiger partial charge >= 0.3 is 0 Å². The fourth-order valence-electron chi connectivity index (χ4n) is 3.03. The Bertz CT molecular complexity index is 963. The number of nitrogens with zero attached hydrogens (tertiary/aromatic N) is 4. The minimum atomic E-state index is -0.939. The summed E-state index contributed by atoms with van der Waals surface area (Å²) in [4.78, 5) is 13.7. The normalized spacial score (nSPS) is 14.9. The second-order valence-corrected chi connectivity index (χ2v) is 7.13. The van der Waals surface area contributed by atoms with Gasteiger partial charge < -0.3 is 4.57 Å². The zero-order chi connectivity index (χ0) is 17.4. The number of aromatic nitrogens is 3. The van der Waals surface area contributed by atoms with Crippen molar-refractivity contribution in [3.8, 4) is 17.5 Å². The molecule has 5 nitrogen and oxygen atoms in total. The first kappa shape index (κ1) is 15.7. The topological polar surface area (TPSA) is 71.6 Å². The Morgan fingerprint density at radius 2 is 2.04 bits per heavy atom. The Balaban J connectivity index is 1.70. The number of carbonyl (C=O) groups excluding carboxylic acids is 1. The summed E-state index contributed by atoms with van der Waals surface area (Å²) in [6, 6.07) is 13.8. The molecular weight excluding hydrogens is 332 g/mol. The van der Waals surface area contributed by atoms with Crippen molar-refractivity contribution in [2.45, 2.75) is 24.7 Å². The van der Waals surface area contributed by atoms with Crippen molar-refractivity contribution < 1.29 is 4.79 Å². The van der Waals surface area contributed by atoms with Gasteiger partial charge in [-0.15, -0.1) is 21.5 Å². The van der Waals surface area contributed by atoms with E-state index in [4.69, 9.17) is 0 Å². The third-order valence-corrected chi connectivity index (χ3v) is 5.47. The SMILES string of the molecule is Cn1c(-c2ccccc2)nnc1[C@@H](C#N)C(=O)c1sccc1C1CC1. The molecule has 1 aliphatic rings. The van der Waals surface area contributed by atoms with E-state index >= 15 is 0 Å². The third kappa shape index (κ3) is 2.77. The molecule has 0 spiro atoms.